The van der Waals surface area contributed by atoms with Gasteiger partial charge in [-0.05, 0) is 37.8 Å². The second-order valence-electron chi connectivity index (χ2n) is 4.28. The van der Waals surface area contributed by atoms with Crippen LogP contribution in [0.4, 0.5) is 0 Å². The fourth-order valence-corrected chi connectivity index (χ4v) is 2.58. The average Bonchev–Trinajstić information content (AvgIpc) is 2.67. The summed E-state index contributed by atoms with van der Waals surface area (Å²) in [6.45, 7) is 0. The predicted molar refractivity (Wildman–Crippen MR) is 60.3 cm³/mol. The minimum absolute atomic E-state index is 0.746. The van der Waals surface area contributed by atoms with Gasteiger partial charge < -0.3 is 5.32 Å². The van der Waals surface area contributed by atoms with Crippen LogP contribution in [0.1, 0.15) is 24.8 Å². The molecule has 14 heavy (non-hydrogen) atoms. The van der Waals surface area contributed by atoms with Crippen LogP contribution >= 0.6 is 0 Å². The van der Waals surface area contributed by atoms with Crippen molar-refractivity contribution >= 4 is 0 Å². The molecule has 1 fully saturated rings. The molecule has 1 aliphatic rings. The maximum atomic E-state index is 3.43. The Morgan fingerprint density at radius 1 is 1.21 bits per heavy atom. The van der Waals surface area contributed by atoms with Gasteiger partial charge in [0.2, 0.25) is 0 Å². The van der Waals surface area contributed by atoms with Gasteiger partial charge >= 0.3 is 0 Å². The zero-order valence-corrected chi connectivity index (χ0v) is 8.87. The molecular formula is C13H19N. The Labute approximate surface area is 86.5 Å². The van der Waals surface area contributed by atoms with E-state index in [4.69, 9.17) is 0 Å². The molecule has 2 atom stereocenters. The molecule has 2 rings (SSSR count). The van der Waals surface area contributed by atoms with Gasteiger partial charge in [-0.1, -0.05) is 36.8 Å². The van der Waals surface area contributed by atoms with E-state index in [-0.39, 0.29) is 0 Å². The summed E-state index contributed by atoms with van der Waals surface area (Å²) in [4.78, 5) is 0. The number of nitrogens with one attached hydrogen (secondary N) is 1. The lowest BCUT2D eigenvalue weighted by atomic mass is 9.95. The van der Waals surface area contributed by atoms with Crippen LogP contribution in [0.5, 0.6) is 0 Å². The molecule has 0 unspecified atom stereocenters. The van der Waals surface area contributed by atoms with Crippen molar-refractivity contribution in [2.24, 2.45) is 5.92 Å². The monoisotopic (exact) mass is 189 g/mol. The average molecular weight is 189 g/mol. The Morgan fingerprint density at radius 2 is 2.00 bits per heavy atom. The number of hydrogen-bond donors (Lipinski definition) is 1. The third-order valence-corrected chi connectivity index (χ3v) is 3.37. The molecule has 1 saturated carbocycles. The minimum Gasteiger partial charge on any atom is -0.317 e. The van der Waals surface area contributed by atoms with Crippen molar-refractivity contribution in [3.8, 4) is 0 Å². The lowest BCUT2D eigenvalue weighted by molar-refractivity contribution is 0.423. The van der Waals surface area contributed by atoms with Gasteiger partial charge in [0.1, 0.15) is 0 Å². The first-order chi connectivity index (χ1) is 6.90. The van der Waals surface area contributed by atoms with Crippen LogP contribution in [-0.4, -0.2) is 13.1 Å². The molecule has 1 aliphatic carbocycles. The van der Waals surface area contributed by atoms with Crippen molar-refractivity contribution in [2.75, 3.05) is 7.05 Å². The SMILES string of the molecule is CN[C@@H]1CCC[C@H]1Cc1ccccc1. The largest absolute Gasteiger partial charge is 0.317 e. The fourth-order valence-electron chi connectivity index (χ4n) is 2.58. The highest BCUT2D eigenvalue weighted by Crippen LogP contribution is 2.28. The van der Waals surface area contributed by atoms with Crippen LogP contribution in [0, 0.1) is 5.92 Å². The fraction of sp³-hybridized carbons (Fsp3) is 0.538. The molecule has 0 spiro atoms. The van der Waals surface area contributed by atoms with Gasteiger partial charge in [0.15, 0.2) is 0 Å². The Balaban J connectivity index is 1.97. The molecule has 76 valence electrons. The maximum Gasteiger partial charge on any atom is 0.00955 e. The highest BCUT2D eigenvalue weighted by atomic mass is 14.9. The highest BCUT2D eigenvalue weighted by Gasteiger charge is 2.25. The van der Waals surface area contributed by atoms with Crippen LogP contribution in [0.25, 0.3) is 0 Å². The topological polar surface area (TPSA) is 12.0 Å². The van der Waals surface area contributed by atoms with Gasteiger partial charge in [-0.15, -0.1) is 0 Å². The molecule has 1 aromatic carbocycles. The number of rotatable bonds is 3. The van der Waals surface area contributed by atoms with E-state index in [1.165, 1.54) is 31.2 Å². The Hall–Kier alpha value is -0.820. The molecule has 0 bridgehead atoms. The maximum absolute atomic E-state index is 3.43. The molecule has 0 amide bonds. The summed E-state index contributed by atoms with van der Waals surface area (Å²) in [6, 6.07) is 11.6. The highest BCUT2D eigenvalue weighted by molar-refractivity contribution is 5.16. The van der Waals surface area contributed by atoms with Gasteiger partial charge in [-0.25, -0.2) is 0 Å². The van der Waals surface area contributed by atoms with Crippen LogP contribution in [0.15, 0.2) is 30.3 Å². The summed E-state index contributed by atoms with van der Waals surface area (Å²) in [5.41, 5.74) is 1.49. The molecule has 1 aromatic rings. The molecule has 1 N–H and O–H groups in total. The van der Waals surface area contributed by atoms with Crippen LogP contribution < -0.4 is 5.32 Å². The first kappa shape index (κ1) is 9.72. The normalized spacial score (nSPS) is 26.6. The van der Waals surface area contributed by atoms with Crippen LogP contribution in [0.2, 0.25) is 0 Å². The van der Waals surface area contributed by atoms with Crippen molar-refractivity contribution in [3.63, 3.8) is 0 Å². The van der Waals surface area contributed by atoms with Crippen molar-refractivity contribution < 1.29 is 0 Å². The molecule has 0 heterocycles. The molecule has 0 radical (unpaired) electrons. The summed E-state index contributed by atoms with van der Waals surface area (Å²) >= 11 is 0. The third kappa shape index (κ3) is 2.16. The van der Waals surface area contributed by atoms with Gasteiger partial charge in [0.25, 0.3) is 0 Å². The second kappa shape index (κ2) is 4.61. The second-order valence-corrected chi connectivity index (χ2v) is 4.28. The standard InChI is InChI=1S/C13H19N/c1-14-13-9-5-8-12(13)10-11-6-3-2-4-7-11/h2-4,6-7,12-14H,5,8-10H2,1H3/t12-,13+/m0/s1. The minimum atomic E-state index is 0.746. The van der Waals surface area contributed by atoms with Crippen LogP contribution in [-0.2, 0) is 6.42 Å². The summed E-state index contributed by atoms with van der Waals surface area (Å²) in [7, 11) is 2.09. The van der Waals surface area contributed by atoms with E-state index in [1.54, 1.807) is 0 Å². The molecule has 0 saturated heterocycles. The number of benzene rings is 1. The Morgan fingerprint density at radius 3 is 2.71 bits per heavy atom. The van der Waals surface area contributed by atoms with Gasteiger partial charge in [-0.2, -0.15) is 0 Å². The molecule has 1 heteroatoms. The summed E-state index contributed by atoms with van der Waals surface area (Å²) in [5.74, 6) is 0.849. The van der Waals surface area contributed by atoms with E-state index >= 15 is 0 Å². The van der Waals surface area contributed by atoms with Crippen molar-refractivity contribution in [1.82, 2.24) is 5.32 Å². The molecular weight excluding hydrogens is 170 g/mol. The van der Waals surface area contributed by atoms with Gasteiger partial charge in [0.05, 0.1) is 0 Å². The first-order valence-electron chi connectivity index (χ1n) is 5.61. The first-order valence-corrected chi connectivity index (χ1v) is 5.61. The van der Waals surface area contributed by atoms with E-state index in [0.717, 1.165) is 12.0 Å². The smallest absolute Gasteiger partial charge is 0.00955 e. The van der Waals surface area contributed by atoms with Gasteiger partial charge in [-0.3, -0.25) is 0 Å². The van der Waals surface area contributed by atoms with E-state index in [2.05, 4.69) is 42.7 Å². The lowest BCUT2D eigenvalue weighted by Gasteiger charge is -2.18. The lowest BCUT2D eigenvalue weighted by Crippen LogP contribution is -2.29. The molecule has 0 aliphatic heterocycles. The number of hydrogen-bond acceptors (Lipinski definition) is 1. The quantitative estimate of drug-likeness (QED) is 0.770. The van der Waals surface area contributed by atoms with E-state index in [9.17, 15) is 0 Å². The third-order valence-electron chi connectivity index (χ3n) is 3.37. The van der Waals surface area contributed by atoms with Crippen molar-refractivity contribution in [2.45, 2.75) is 31.7 Å². The summed E-state index contributed by atoms with van der Waals surface area (Å²) < 4.78 is 0. The zero-order chi connectivity index (χ0) is 9.80. The van der Waals surface area contributed by atoms with E-state index in [0.29, 0.717) is 0 Å². The van der Waals surface area contributed by atoms with Crippen molar-refractivity contribution in [1.29, 1.82) is 0 Å². The van der Waals surface area contributed by atoms with E-state index in [1.807, 2.05) is 0 Å². The van der Waals surface area contributed by atoms with Gasteiger partial charge in [0, 0.05) is 6.04 Å². The molecule has 0 aromatic heterocycles. The summed E-state index contributed by atoms with van der Waals surface area (Å²) in [5, 5.41) is 3.43. The van der Waals surface area contributed by atoms with E-state index < -0.39 is 0 Å². The molecule has 1 nitrogen and oxygen atoms in total. The predicted octanol–water partition coefficient (Wildman–Crippen LogP) is 2.62. The van der Waals surface area contributed by atoms with Crippen molar-refractivity contribution in [3.05, 3.63) is 35.9 Å². The zero-order valence-electron chi connectivity index (χ0n) is 8.87. The Kier molecular flexibility index (Phi) is 3.20. The van der Waals surface area contributed by atoms with Crippen LogP contribution in [0.3, 0.4) is 0 Å². The Bertz CT molecular complexity index is 268. The summed E-state index contributed by atoms with van der Waals surface area (Å²) in [6.07, 6.45) is 5.38.